The molecule has 0 bridgehead atoms. The van der Waals surface area contributed by atoms with E-state index in [1.54, 1.807) is 43.2 Å². The maximum absolute atomic E-state index is 12.2. The van der Waals surface area contributed by atoms with Crippen LogP contribution in [0.1, 0.15) is 77.6 Å². The number of nitrogens with one attached hydrogen (secondary N) is 8. The quantitative estimate of drug-likeness (QED) is 0.0425. The highest BCUT2D eigenvalue weighted by Crippen LogP contribution is 2.22. The first-order chi connectivity index (χ1) is 30.3. The van der Waals surface area contributed by atoms with Crippen LogP contribution in [0.3, 0.4) is 0 Å². The molecule has 0 aromatic rings. The predicted octanol–water partition coefficient (Wildman–Crippen LogP) is 3.57. The fraction of sp³-hybridized carbons (Fsp3) is 0.818. The Morgan fingerprint density at radius 2 is 1.05 bits per heavy atom. The molecule has 0 aromatic heterocycles. The van der Waals surface area contributed by atoms with E-state index in [2.05, 4.69) is 72.5 Å². The highest BCUT2D eigenvalue weighted by Gasteiger charge is 2.09. The summed E-state index contributed by atoms with van der Waals surface area (Å²) in [5, 5.41) is 26.5. The maximum atomic E-state index is 12.2. The summed E-state index contributed by atoms with van der Waals surface area (Å²) < 4.78 is 0. The van der Waals surface area contributed by atoms with Crippen molar-refractivity contribution in [3.63, 3.8) is 0 Å². The van der Waals surface area contributed by atoms with Gasteiger partial charge in [-0.05, 0) is 117 Å². The number of hydrogen-bond acceptors (Lipinski definition) is 16. The van der Waals surface area contributed by atoms with Crippen molar-refractivity contribution in [1.29, 1.82) is 0 Å². The second-order valence-electron chi connectivity index (χ2n) is 15.1. The van der Waals surface area contributed by atoms with Gasteiger partial charge in [0.2, 0.25) is 11.8 Å². The van der Waals surface area contributed by atoms with E-state index in [9.17, 15) is 19.2 Å². The van der Waals surface area contributed by atoms with E-state index in [0.29, 0.717) is 44.6 Å². The van der Waals surface area contributed by atoms with E-state index in [-0.39, 0.29) is 17.6 Å². The van der Waals surface area contributed by atoms with Gasteiger partial charge in [0.1, 0.15) is 5.78 Å². The van der Waals surface area contributed by atoms with Gasteiger partial charge in [0.05, 0.1) is 0 Å². The van der Waals surface area contributed by atoms with E-state index in [0.717, 1.165) is 160 Å². The number of nitrogens with zero attached hydrogens (tertiary/aromatic N) is 2. The average molecular weight is 950 g/mol. The van der Waals surface area contributed by atoms with Gasteiger partial charge in [-0.2, -0.15) is 0 Å². The SMILES string of the molecule is C1CNCCNCCCNCCNC1.C=CC(=O)CCCSSCCNC(=O)C=C.CCCC(=O)CCCSSCCNC(=O)CCN1CCCNCCN(C)CCCNCC1. The lowest BCUT2D eigenvalue weighted by molar-refractivity contribution is -0.121. The average Bonchev–Trinajstić information content (AvgIpc) is 3.27. The molecule has 0 aromatic carbocycles. The molecule has 2 saturated heterocycles. The van der Waals surface area contributed by atoms with Gasteiger partial charge in [0, 0.05) is 121 Å². The number of ketones is 2. The van der Waals surface area contributed by atoms with Crippen molar-refractivity contribution in [2.75, 3.05) is 154 Å². The lowest BCUT2D eigenvalue weighted by Crippen LogP contribution is -2.39. The molecule has 2 amide bonds. The number of allylic oxidation sites excluding steroid dienone is 1. The van der Waals surface area contributed by atoms with E-state index in [1.165, 1.54) is 31.4 Å². The molecular formula is C44H88N10O4S4. The molecule has 0 unspecified atom stereocenters. The molecule has 2 aliphatic heterocycles. The Morgan fingerprint density at radius 1 is 0.548 bits per heavy atom. The van der Waals surface area contributed by atoms with Gasteiger partial charge in [-0.3, -0.25) is 19.2 Å². The molecule has 2 rings (SSSR count). The van der Waals surface area contributed by atoms with Gasteiger partial charge >= 0.3 is 0 Å². The number of rotatable bonds is 23. The van der Waals surface area contributed by atoms with Crippen LogP contribution in [0.4, 0.5) is 0 Å². The Labute approximate surface area is 393 Å². The van der Waals surface area contributed by atoms with Crippen LogP contribution in [-0.2, 0) is 19.2 Å². The summed E-state index contributed by atoms with van der Waals surface area (Å²) >= 11 is 0. The van der Waals surface area contributed by atoms with Crippen LogP contribution in [0, 0.1) is 0 Å². The number of Topliss-reactive ketones (excluding diaryl/α,β-unsaturated/α-hetero) is 1. The first-order valence-electron chi connectivity index (χ1n) is 23.3. The van der Waals surface area contributed by atoms with Crippen LogP contribution in [0.25, 0.3) is 0 Å². The number of carbonyl (C=O) groups is 4. The lowest BCUT2D eigenvalue weighted by Gasteiger charge is -2.23. The van der Waals surface area contributed by atoms with Gasteiger partial charge in [0.15, 0.2) is 5.78 Å². The molecule has 0 aliphatic carbocycles. The van der Waals surface area contributed by atoms with E-state index in [1.807, 2.05) is 6.92 Å². The second-order valence-corrected chi connectivity index (χ2v) is 20.5. The van der Waals surface area contributed by atoms with Gasteiger partial charge in [-0.15, -0.1) is 0 Å². The fourth-order valence-corrected chi connectivity index (χ4v) is 9.87. The maximum Gasteiger partial charge on any atom is 0.243 e. The van der Waals surface area contributed by atoms with Crippen molar-refractivity contribution in [2.45, 2.75) is 77.6 Å². The minimum absolute atomic E-state index is 0.101. The van der Waals surface area contributed by atoms with Crippen molar-refractivity contribution in [3.8, 4) is 0 Å². The summed E-state index contributed by atoms with van der Waals surface area (Å²) in [5.41, 5.74) is 0. The third-order valence-corrected chi connectivity index (χ3v) is 14.4. The monoisotopic (exact) mass is 949 g/mol. The number of likely N-dealkylation sites (N-methyl/N-ethyl adjacent to an activating group) is 1. The van der Waals surface area contributed by atoms with E-state index < -0.39 is 0 Å². The van der Waals surface area contributed by atoms with Crippen LogP contribution in [-0.4, -0.2) is 188 Å². The molecule has 2 fully saturated rings. The Hall–Kier alpha value is -1.16. The Morgan fingerprint density at radius 3 is 1.61 bits per heavy atom. The van der Waals surface area contributed by atoms with Crippen molar-refractivity contribution >= 4 is 66.6 Å². The molecule has 18 heteroatoms. The summed E-state index contributed by atoms with van der Waals surface area (Å²) in [7, 11) is 9.19. The predicted molar refractivity (Wildman–Crippen MR) is 274 cm³/mol. The number of amides is 2. The Kier molecular flexibility index (Phi) is 48.4. The Bertz CT molecular complexity index is 1010. The minimum atomic E-state index is -0.137. The van der Waals surface area contributed by atoms with Gasteiger partial charge in [-0.1, -0.05) is 63.3 Å². The highest BCUT2D eigenvalue weighted by atomic mass is 33.1. The topological polar surface area (TPSA) is 171 Å². The molecule has 8 N–H and O–H groups in total. The Balaban J connectivity index is 0.00000103. The lowest BCUT2D eigenvalue weighted by atomic mass is 10.1. The smallest absolute Gasteiger partial charge is 0.243 e. The van der Waals surface area contributed by atoms with Gasteiger partial charge < -0.3 is 52.3 Å². The van der Waals surface area contributed by atoms with Crippen LogP contribution < -0.4 is 42.5 Å². The first-order valence-corrected chi connectivity index (χ1v) is 28.3. The molecule has 14 nitrogen and oxygen atoms in total. The molecule has 2 aliphatic rings. The molecular weight excluding hydrogens is 861 g/mol. The van der Waals surface area contributed by atoms with Gasteiger partial charge in [-0.25, -0.2) is 0 Å². The summed E-state index contributed by atoms with van der Waals surface area (Å²) in [6.07, 6.45) is 12.7. The van der Waals surface area contributed by atoms with Crippen molar-refractivity contribution in [3.05, 3.63) is 25.3 Å². The zero-order chi connectivity index (χ0) is 45.4. The molecule has 362 valence electrons. The summed E-state index contributed by atoms with van der Waals surface area (Å²) in [6.45, 7) is 28.2. The summed E-state index contributed by atoms with van der Waals surface area (Å²) in [5.74, 6) is 4.21. The zero-order valence-electron chi connectivity index (χ0n) is 38.8. The van der Waals surface area contributed by atoms with E-state index in [4.69, 9.17) is 0 Å². The first kappa shape index (κ1) is 60.8. The number of carbonyl (C=O) groups excluding carboxylic acids is 4. The van der Waals surface area contributed by atoms with Gasteiger partial charge in [0.25, 0.3) is 0 Å². The summed E-state index contributed by atoms with van der Waals surface area (Å²) in [6, 6.07) is 0. The second kappa shape index (κ2) is 49.3. The highest BCUT2D eigenvalue weighted by molar-refractivity contribution is 8.77. The molecule has 0 spiro atoms. The molecule has 0 saturated carbocycles. The molecule has 2 heterocycles. The molecule has 0 radical (unpaired) electrons. The largest absolute Gasteiger partial charge is 0.355 e. The summed E-state index contributed by atoms with van der Waals surface area (Å²) in [4.78, 5) is 50.1. The normalized spacial score (nSPS) is 17.3. The third-order valence-electron chi connectivity index (χ3n) is 9.46. The van der Waals surface area contributed by atoms with Crippen LogP contribution in [0.5, 0.6) is 0 Å². The third kappa shape index (κ3) is 46.8. The zero-order valence-corrected chi connectivity index (χ0v) is 42.0. The van der Waals surface area contributed by atoms with Crippen LogP contribution in [0.2, 0.25) is 0 Å². The van der Waals surface area contributed by atoms with Crippen LogP contribution in [0.15, 0.2) is 25.3 Å². The standard InChI is InChI=1S/C23H47N5O2S2.C11H17NO2S2.C10H24N4/c1-3-7-22(29)8-4-20-31-32-21-14-26-23(30)9-17-28-16-6-11-24-12-18-27(2)15-5-10-25-13-19-28;1-3-10(13)6-5-8-15-16-9-7-12-11(14)4-2;1-3-11-7-9-13-5-2-6-14-10-8-12-4-1/h24-25H,3-21H2,1-2H3,(H,26,30);3-4H,1-2,5-9H2,(H,12,14);11-14H,1-10H2. The van der Waals surface area contributed by atoms with Crippen molar-refractivity contribution in [1.82, 2.24) is 52.3 Å². The van der Waals surface area contributed by atoms with Crippen LogP contribution >= 0.6 is 43.2 Å². The minimum Gasteiger partial charge on any atom is -0.355 e. The molecule has 0 atom stereocenters. The fourth-order valence-electron chi connectivity index (χ4n) is 5.88. The van der Waals surface area contributed by atoms with Crippen molar-refractivity contribution in [2.24, 2.45) is 0 Å². The van der Waals surface area contributed by atoms with Crippen molar-refractivity contribution < 1.29 is 19.2 Å². The number of hydrogen-bond donors (Lipinski definition) is 8. The molecule has 62 heavy (non-hydrogen) atoms. The van der Waals surface area contributed by atoms with E-state index >= 15 is 0 Å².